The zero-order valence-electron chi connectivity index (χ0n) is 19.0. The standard InChI is InChI=1S/C27H28IO4S/c1-19(2)21-9-13-24(14-10-21)33(23-7-5-4-6-8-23)25-15-11-22(12-16-25)27(30)32-18-17-31-26(29)20(3)28/h4-16,19-20H,17-18H2,1-3H3/q+1. The maximum Gasteiger partial charge on any atom is 0.338 e. The summed E-state index contributed by atoms with van der Waals surface area (Å²) in [6.45, 7) is 6.22. The lowest BCUT2D eigenvalue weighted by atomic mass is 10.0. The molecule has 0 heterocycles. The van der Waals surface area contributed by atoms with Crippen LogP contribution >= 0.6 is 22.6 Å². The number of esters is 2. The summed E-state index contributed by atoms with van der Waals surface area (Å²) in [5, 5.41) is 0. The third-order valence-corrected chi connectivity index (χ3v) is 7.71. The third-order valence-electron chi connectivity index (χ3n) is 4.97. The second kappa shape index (κ2) is 12.2. The van der Waals surface area contributed by atoms with Crippen LogP contribution in [0.4, 0.5) is 0 Å². The van der Waals surface area contributed by atoms with E-state index >= 15 is 0 Å². The van der Waals surface area contributed by atoms with Crippen LogP contribution in [-0.4, -0.2) is 29.1 Å². The first-order valence-electron chi connectivity index (χ1n) is 10.8. The normalized spacial score (nSPS) is 12.8. The molecule has 0 aliphatic heterocycles. The Kier molecular flexibility index (Phi) is 9.38. The van der Waals surface area contributed by atoms with E-state index in [4.69, 9.17) is 9.47 Å². The SMILES string of the molecule is CC(I)C(=O)OCCOC(=O)c1ccc([S+](c2ccccc2)c2ccc(C(C)C)cc2)cc1. The Hall–Kier alpha value is -2.32. The Morgan fingerprint density at radius 2 is 1.27 bits per heavy atom. The van der Waals surface area contributed by atoms with Crippen molar-refractivity contribution in [2.75, 3.05) is 13.2 Å². The van der Waals surface area contributed by atoms with Gasteiger partial charge in [-0.15, -0.1) is 0 Å². The van der Waals surface area contributed by atoms with E-state index in [1.54, 1.807) is 19.1 Å². The van der Waals surface area contributed by atoms with Gasteiger partial charge < -0.3 is 9.47 Å². The summed E-state index contributed by atoms with van der Waals surface area (Å²) in [7, 11) is -0.285. The number of alkyl halides is 1. The number of hydrogen-bond donors (Lipinski definition) is 0. The fourth-order valence-electron chi connectivity index (χ4n) is 3.16. The highest BCUT2D eigenvalue weighted by atomic mass is 127. The molecule has 0 saturated carbocycles. The van der Waals surface area contributed by atoms with Gasteiger partial charge in [-0.1, -0.05) is 66.8 Å². The molecule has 0 radical (unpaired) electrons. The molecule has 0 saturated heterocycles. The summed E-state index contributed by atoms with van der Waals surface area (Å²) < 4.78 is 10.1. The molecule has 0 aliphatic carbocycles. The predicted molar refractivity (Wildman–Crippen MR) is 140 cm³/mol. The van der Waals surface area contributed by atoms with Crippen LogP contribution < -0.4 is 0 Å². The minimum absolute atomic E-state index is 0.0340. The molecule has 6 heteroatoms. The van der Waals surface area contributed by atoms with E-state index in [2.05, 4.69) is 62.4 Å². The van der Waals surface area contributed by atoms with E-state index in [1.165, 1.54) is 15.4 Å². The Labute approximate surface area is 212 Å². The molecular weight excluding hydrogens is 547 g/mol. The second-order valence-electron chi connectivity index (χ2n) is 7.79. The maximum atomic E-state index is 12.4. The van der Waals surface area contributed by atoms with Crippen molar-refractivity contribution in [2.24, 2.45) is 0 Å². The van der Waals surface area contributed by atoms with Crippen LogP contribution in [0.2, 0.25) is 0 Å². The quantitative estimate of drug-likeness (QED) is 0.0971. The van der Waals surface area contributed by atoms with Crippen molar-refractivity contribution in [3.63, 3.8) is 0 Å². The summed E-state index contributed by atoms with van der Waals surface area (Å²) in [5.74, 6) is -0.261. The molecule has 3 aromatic carbocycles. The second-order valence-corrected chi connectivity index (χ2v) is 11.7. The van der Waals surface area contributed by atoms with Gasteiger partial charge in [0.1, 0.15) is 17.1 Å². The van der Waals surface area contributed by atoms with Gasteiger partial charge in [0.2, 0.25) is 0 Å². The van der Waals surface area contributed by atoms with Crippen molar-refractivity contribution < 1.29 is 19.1 Å². The molecule has 0 aromatic heterocycles. The van der Waals surface area contributed by atoms with E-state index in [9.17, 15) is 9.59 Å². The molecule has 4 nitrogen and oxygen atoms in total. The van der Waals surface area contributed by atoms with Gasteiger partial charge in [-0.25, -0.2) is 4.79 Å². The minimum Gasteiger partial charge on any atom is -0.461 e. The highest BCUT2D eigenvalue weighted by Gasteiger charge is 2.28. The van der Waals surface area contributed by atoms with E-state index in [0.717, 1.165) is 4.90 Å². The van der Waals surface area contributed by atoms with Crippen molar-refractivity contribution in [1.29, 1.82) is 0 Å². The van der Waals surface area contributed by atoms with Gasteiger partial charge in [-0.05, 0) is 66.9 Å². The lowest BCUT2D eigenvalue weighted by Crippen LogP contribution is -2.18. The van der Waals surface area contributed by atoms with Crippen LogP contribution in [0, 0.1) is 0 Å². The minimum atomic E-state index is -0.430. The molecular formula is C27H28IO4S+. The predicted octanol–water partition coefficient (Wildman–Crippen LogP) is 6.43. The number of hydrogen-bond acceptors (Lipinski definition) is 4. The van der Waals surface area contributed by atoms with Crippen molar-refractivity contribution in [3.8, 4) is 0 Å². The van der Waals surface area contributed by atoms with Crippen LogP contribution in [0.5, 0.6) is 0 Å². The first-order valence-corrected chi connectivity index (χ1v) is 13.3. The molecule has 3 aromatic rings. The summed E-state index contributed by atoms with van der Waals surface area (Å²) >= 11 is 1.98. The molecule has 2 unspecified atom stereocenters. The molecule has 33 heavy (non-hydrogen) atoms. The fraction of sp³-hybridized carbons (Fsp3) is 0.259. The first-order chi connectivity index (χ1) is 15.9. The van der Waals surface area contributed by atoms with Crippen LogP contribution in [-0.2, 0) is 25.2 Å². The van der Waals surface area contributed by atoms with Crippen molar-refractivity contribution in [2.45, 2.75) is 45.3 Å². The molecule has 3 rings (SSSR count). The van der Waals surface area contributed by atoms with Gasteiger partial charge in [0.15, 0.2) is 14.7 Å². The van der Waals surface area contributed by atoms with E-state index in [1.807, 2.05) is 40.8 Å². The van der Waals surface area contributed by atoms with Crippen LogP contribution in [0.3, 0.4) is 0 Å². The third kappa shape index (κ3) is 7.08. The zero-order valence-corrected chi connectivity index (χ0v) is 22.0. The van der Waals surface area contributed by atoms with Gasteiger partial charge in [0.05, 0.1) is 16.5 Å². The smallest absolute Gasteiger partial charge is 0.338 e. The average Bonchev–Trinajstić information content (AvgIpc) is 2.83. The lowest BCUT2D eigenvalue weighted by Gasteiger charge is -2.11. The molecule has 0 fully saturated rings. The largest absolute Gasteiger partial charge is 0.461 e. The molecule has 0 spiro atoms. The van der Waals surface area contributed by atoms with Crippen molar-refractivity contribution in [3.05, 3.63) is 90.0 Å². The molecule has 0 bridgehead atoms. The lowest BCUT2D eigenvalue weighted by molar-refractivity contribution is -0.143. The van der Waals surface area contributed by atoms with Gasteiger partial charge in [0, 0.05) is 0 Å². The molecule has 2 atom stereocenters. The Bertz CT molecular complexity index is 1050. The Balaban J connectivity index is 1.74. The van der Waals surface area contributed by atoms with Gasteiger partial charge in [-0.2, -0.15) is 0 Å². The summed E-state index contributed by atoms with van der Waals surface area (Å²) in [5.41, 5.74) is 1.78. The van der Waals surface area contributed by atoms with Crippen molar-refractivity contribution >= 4 is 45.4 Å². The van der Waals surface area contributed by atoms with E-state index in [-0.39, 0.29) is 34.0 Å². The fourth-order valence-corrected chi connectivity index (χ4v) is 5.40. The Morgan fingerprint density at radius 1 is 0.758 bits per heavy atom. The van der Waals surface area contributed by atoms with E-state index in [0.29, 0.717) is 11.5 Å². The topological polar surface area (TPSA) is 52.6 Å². The highest BCUT2D eigenvalue weighted by Crippen LogP contribution is 2.32. The van der Waals surface area contributed by atoms with Gasteiger partial charge in [0.25, 0.3) is 0 Å². The first kappa shape index (κ1) is 25.3. The van der Waals surface area contributed by atoms with Crippen LogP contribution in [0.25, 0.3) is 0 Å². The summed E-state index contributed by atoms with van der Waals surface area (Å²) in [6, 6.07) is 26.7. The summed E-state index contributed by atoms with van der Waals surface area (Å²) in [4.78, 5) is 27.4. The number of ether oxygens (including phenoxy) is 2. The van der Waals surface area contributed by atoms with Gasteiger partial charge >= 0.3 is 11.9 Å². The molecule has 0 N–H and O–H groups in total. The molecule has 0 aliphatic rings. The van der Waals surface area contributed by atoms with Crippen molar-refractivity contribution in [1.82, 2.24) is 0 Å². The Morgan fingerprint density at radius 3 is 1.82 bits per heavy atom. The monoisotopic (exact) mass is 575 g/mol. The number of halogens is 1. The molecule has 0 amide bonds. The highest BCUT2D eigenvalue weighted by molar-refractivity contribution is 14.1. The average molecular weight is 575 g/mol. The number of benzene rings is 3. The number of carbonyl (C=O) groups is 2. The van der Waals surface area contributed by atoms with Crippen LogP contribution in [0.15, 0.2) is 93.5 Å². The zero-order chi connectivity index (χ0) is 23.8. The maximum absolute atomic E-state index is 12.4. The molecule has 172 valence electrons. The number of rotatable bonds is 9. The summed E-state index contributed by atoms with van der Waals surface area (Å²) in [6.07, 6.45) is 0. The number of carbonyl (C=O) groups excluding carboxylic acids is 2. The van der Waals surface area contributed by atoms with Gasteiger partial charge in [-0.3, -0.25) is 4.79 Å². The van der Waals surface area contributed by atoms with Crippen LogP contribution in [0.1, 0.15) is 42.6 Å². The van der Waals surface area contributed by atoms with E-state index < -0.39 is 5.97 Å².